The third-order valence-electron chi connectivity index (χ3n) is 7.50. The minimum atomic E-state index is -0.521. The molecule has 3 amide bonds. The molecule has 2 heterocycles. The Morgan fingerprint density at radius 3 is 2.65 bits per heavy atom. The number of ether oxygens (including phenoxy) is 3. The molecule has 2 aliphatic rings. The number of anilines is 2. The van der Waals surface area contributed by atoms with E-state index < -0.39 is 12.1 Å². The minimum absolute atomic E-state index is 0.113. The smallest absolute Gasteiger partial charge is 0.323 e. The van der Waals surface area contributed by atoms with Gasteiger partial charge in [-0.3, -0.25) is 9.69 Å². The van der Waals surface area contributed by atoms with Gasteiger partial charge >= 0.3 is 6.03 Å². The van der Waals surface area contributed by atoms with Gasteiger partial charge in [0.2, 0.25) is 6.79 Å². The maximum Gasteiger partial charge on any atom is 0.323 e. The lowest BCUT2D eigenvalue weighted by molar-refractivity contribution is 0.0343. The lowest BCUT2D eigenvalue weighted by Crippen LogP contribution is -2.49. The normalized spacial score (nSPS) is 18.4. The van der Waals surface area contributed by atoms with Gasteiger partial charge in [0.1, 0.15) is 6.10 Å². The van der Waals surface area contributed by atoms with Crippen molar-refractivity contribution >= 4 is 46.5 Å². The van der Waals surface area contributed by atoms with Crippen LogP contribution in [-0.2, 0) is 6.54 Å². The molecule has 0 spiro atoms. The van der Waals surface area contributed by atoms with Crippen LogP contribution in [-0.4, -0.2) is 72.5 Å². The van der Waals surface area contributed by atoms with Crippen molar-refractivity contribution in [1.82, 2.24) is 9.80 Å². The van der Waals surface area contributed by atoms with E-state index >= 15 is 0 Å². The van der Waals surface area contributed by atoms with E-state index in [4.69, 9.17) is 37.4 Å². The summed E-state index contributed by atoms with van der Waals surface area (Å²) in [6.07, 6.45) is -0.368. The second kappa shape index (κ2) is 13.3. The van der Waals surface area contributed by atoms with Crippen LogP contribution in [0.2, 0.25) is 10.0 Å². The van der Waals surface area contributed by atoms with Gasteiger partial charge in [-0.1, -0.05) is 42.3 Å². The average Bonchev–Trinajstić information content (AvgIpc) is 3.45. The van der Waals surface area contributed by atoms with Crippen LogP contribution in [0.15, 0.2) is 54.6 Å². The molecule has 0 unspecified atom stereocenters. The number of carbonyl (C=O) groups excluding carboxylic acids is 2. The lowest BCUT2D eigenvalue weighted by Gasteiger charge is -2.38. The summed E-state index contributed by atoms with van der Waals surface area (Å²) in [5.74, 6) is 1.01. The van der Waals surface area contributed by atoms with Crippen LogP contribution in [0.4, 0.5) is 16.2 Å². The van der Waals surface area contributed by atoms with Gasteiger partial charge in [-0.05, 0) is 55.9 Å². The Morgan fingerprint density at radius 1 is 1.09 bits per heavy atom. The zero-order valence-electron chi connectivity index (χ0n) is 24.1. The molecule has 0 radical (unpaired) electrons. The van der Waals surface area contributed by atoms with Crippen molar-refractivity contribution in [3.63, 3.8) is 0 Å². The molecule has 228 valence electrons. The number of fused-ring (bicyclic) bond motifs is 2. The number of para-hydroxylation sites is 1. The number of carbonyl (C=O) groups is 2. The molecule has 3 N–H and O–H groups in total. The number of aliphatic hydroxyl groups is 1. The molecule has 0 bridgehead atoms. The third kappa shape index (κ3) is 7.10. The van der Waals surface area contributed by atoms with Gasteiger partial charge in [0.25, 0.3) is 5.91 Å². The maximum absolute atomic E-state index is 13.7. The number of likely N-dealkylation sites (N-methyl/N-ethyl adjacent to an activating group) is 1. The number of rotatable bonds is 8. The highest BCUT2D eigenvalue weighted by Gasteiger charge is 2.34. The number of hydrogen-bond acceptors (Lipinski definition) is 7. The molecular weight excluding hydrogens is 595 g/mol. The number of aliphatic hydroxyl groups excluding tert-OH is 1. The third-order valence-corrected chi connectivity index (χ3v) is 8.24. The maximum atomic E-state index is 13.7. The summed E-state index contributed by atoms with van der Waals surface area (Å²) in [4.78, 5) is 30.6. The van der Waals surface area contributed by atoms with E-state index in [1.54, 1.807) is 54.3 Å². The first-order valence-corrected chi connectivity index (χ1v) is 14.7. The summed E-state index contributed by atoms with van der Waals surface area (Å²) in [5, 5.41) is 16.6. The predicted octanol–water partition coefficient (Wildman–Crippen LogP) is 5.72. The molecule has 0 saturated heterocycles. The fourth-order valence-electron chi connectivity index (χ4n) is 5.14. The molecule has 3 aromatic rings. The fraction of sp³-hybridized carbons (Fsp3) is 0.355. The van der Waals surface area contributed by atoms with Crippen molar-refractivity contribution in [2.45, 2.75) is 32.5 Å². The number of urea groups is 1. The zero-order chi connectivity index (χ0) is 30.7. The second-order valence-corrected chi connectivity index (χ2v) is 11.7. The Kier molecular flexibility index (Phi) is 9.51. The van der Waals surface area contributed by atoms with E-state index in [1.165, 1.54) is 0 Å². The first kappa shape index (κ1) is 30.7. The Balaban J connectivity index is 1.40. The van der Waals surface area contributed by atoms with Gasteiger partial charge in [0.05, 0.1) is 33.9 Å². The van der Waals surface area contributed by atoms with E-state index in [2.05, 4.69) is 15.5 Å². The summed E-state index contributed by atoms with van der Waals surface area (Å²) in [6, 6.07) is 14.7. The highest BCUT2D eigenvalue weighted by Crippen LogP contribution is 2.36. The van der Waals surface area contributed by atoms with E-state index in [0.717, 1.165) is 5.56 Å². The van der Waals surface area contributed by atoms with E-state index in [0.29, 0.717) is 58.1 Å². The molecule has 0 aliphatic carbocycles. The molecule has 10 nitrogen and oxygen atoms in total. The Bertz CT molecular complexity index is 1510. The van der Waals surface area contributed by atoms with Crippen LogP contribution in [0.1, 0.15) is 29.8 Å². The Hall–Kier alpha value is -3.70. The molecule has 3 aromatic carbocycles. The van der Waals surface area contributed by atoms with E-state index in [9.17, 15) is 14.7 Å². The van der Waals surface area contributed by atoms with Gasteiger partial charge in [-0.25, -0.2) is 4.79 Å². The summed E-state index contributed by atoms with van der Waals surface area (Å²) in [6.45, 7) is 5.23. The largest absolute Gasteiger partial charge is 0.486 e. The Labute approximate surface area is 260 Å². The summed E-state index contributed by atoms with van der Waals surface area (Å²) < 4.78 is 17.3. The number of nitrogens with zero attached hydrogens (tertiary/aromatic N) is 2. The molecule has 0 fully saturated rings. The van der Waals surface area contributed by atoms with Crippen LogP contribution in [0.3, 0.4) is 0 Å². The van der Waals surface area contributed by atoms with Crippen molar-refractivity contribution in [1.29, 1.82) is 0 Å². The molecule has 0 aromatic heterocycles. The molecule has 43 heavy (non-hydrogen) atoms. The number of halogens is 2. The van der Waals surface area contributed by atoms with Crippen molar-refractivity contribution in [2.75, 3.05) is 44.2 Å². The molecule has 3 atom stereocenters. The van der Waals surface area contributed by atoms with Crippen LogP contribution in [0.5, 0.6) is 17.2 Å². The van der Waals surface area contributed by atoms with Gasteiger partial charge in [0, 0.05) is 37.3 Å². The first-order valence-electron chi connectivity index (χ1n) is 13.9. The summed E-state index contributed by atoms with van der Waals surface area (Å²) >= 11 is 12.3. The predicted molar refractivity (Wildman–Crippen MR) is 166 cm³/mol. The van der Waals surface area contributed by atoms with Crippen LogP contribution in [0.25, 0.3) is 0 Å². The molecule has 2 aliphatic heterocycles. The van der Waals surface area contributed by atoms with Crippen molar-refractivity contribution in [3.05, 3.63) is 75.8 Å². The lowest BCUT2D eigenvalue weighted by atomic mass is 9.99. The topological polar surface area (TPSA) is 113 Å². The number of nitrogens with one attached hydrogen (secondary N) is 2. The Morgan fingerprint density at radius 2 is 1.88 bits per heavy atom. The molecule has 0 saturated carbocycles. The minimum Gasteiger partial charge on any atom is -0.486 e. The second-order valence-electron chi connectivity index (χ2n) is 10.9. The van der Waals surface area contributed by atoms with E-state index in [1.807, 2.05) is 26.1 Å². The summed E-state index contributed by atoms with van der Waals surface area (Å²) in [5.41, 5.74) is 2.14. The quantitative estimate of drug-likeness (QED) is 0.292. The first-order chi connectivity index (χ1) is 20.6. The van der Waals surface area contributed by atoms with Gasteiger partial charge < -0.3 is 34.9 Å². The summed E-state index contributed by atoms with van der Waals surface area (Å²) in [7, 11) is 1.97. The van der Waals surface area contributed by atoms with Gasteiger partial charge in [-0.2, -0.15) is 0 Å². The zero-order valence-corrected chi connectivity index (χ0v) is 25.6. The SMILES string of the molecule is C[C@H](CO)N1C[C@H](C)[C@H](CN(C)Cc2ccc(Cl)c(Cl)c2)Oc2c(NC(=O)Nc3ccc4c(c3)OCO4)cccc2C1=O. The van der Waals surface area contributed by atoms with Crippen LogP contribution >= 0.6 is 23.2 Å². The highest BCUT2D eigenvalue weighted by molar-refractivity contribution is 6.42. The van der Waals surface area contributed by atoms with Gasteiger partial charge in [0.15, 0.2) is 17.2 Å². The average molecular weight is 630 g/mol. The highest BCUT2D eigenvalue weighted by atomic mass is 35.5. The van der Waals surface area contributed by atoms with Crippen molar-refractivity contribution in [2.24, 2.45) is 5.92 Å². The van der Waals surface area contributed by atoms with E-state index in [-0.39, 0.29) is 37.1 Å². The fourth-order valence-corrected chi connectivity index (χ4v) is 5.46. The van der Waals surface area contributed by atoms with Crippen LogP contribution in [0, 0.1) is 5.92 Å². The van der Waals surface area contributed by atoms with Crippen LogP contribution < -0.4 is 24.8 Å². The van der Waals surface area contributed by atoms with Gasteiger partial charge in [-0.15, -0.1) is 0 Å². The number of hydrogen-bond donors (Lipinski definition) is 3. The van der Waals surface area contributed by atoms with Crippen molar-refractivity contribution in [3.8, 4) is 17.2 Å². The molecular formula is C31H34Cl2N4O6. The number of amides is 3. The molecule has 5 rings (SSSR count). The molecule has 12 heteroatoms. The number of benzene rings is 3. The monoisotopic (exact) mass is 628 g/mol. The standard InChI is InChI=1S/C31H34Cl2N4O6/c1-18-13-37(19(2)16-38)30(39)22-5-4-6-25(35-31(40)34-21-8-10-26-27(12-21)42-17-41-26)29(22)43-28(18)15-36(3)14-20-7-9-23(32)24(33)11-20/h4-12,18-19,28,38H,13-17H2,1-3H3,(H2,34,35,40)/t18-,19+,28-/m0/s1. The van der Waals surface area contributed by atoms with Crippen molar-refractivity contribution < 1.29 is 28.9 Å².